The van der Waals surface area contributed by atoms with Crippen LogP contribution in [0, 0.1) is 6.92 Å². The number of hydrogen-bond donors (Lipinski definition) is 4. The second-order valence-corrected chi connectivity index (χ2v) is 3.67. The predicted octanol–water partition coefficient (Wildman–Crippen LogP) is 1.47. The first-order valence-electron chi connectivity index (χ1n) is 5.32. The maximum absolute atomic E-state index is 9.57. The molecule has 6 nitrogen and oxygen atoms in total. The summed E-state index contributed by atoms with van der Waals surface area (Å²) < 4.78 is 0. The van der Waals surface area contributed by atoms with Crippen molar-refractivity contribution >= 4 is 11.9 Å². The minimum Gasteiger partial charge on any atom is -0.508 e. The minimum atomic E-state index is 0.304. The third-order valence-corrected chi connectivity index (χ3v) is 2.57. The molecule has 0 aliphatic carbocycles. The number of aromatic amines is 1. The summed E-state index contributed by atoms with van der Waals surface area (Å²) >= 11 is 0. The molecule has 0 saturated carbocycles. The molecule has 0 spiro atoms. The molecule has 1 aromatic carbocycles. The monoisotopic (exact) mass is 233 g/mol. The zero-order valence-corrected chi connectivity index (χ0v) is 9.78. The van der Waals surface area contributed by atoms with Gasteiger partial charge in [0.1, 0.15) is 5.75 Å². The Kier molecular flexibility index (Phi) is 3.13. The average molecular weight is 233 g/mol. The molecule has 1 heterocycles. The summed E-state index contributed by atoms with van der Waals surface area (Å²) in [5.41, 5.74) is 1.89. The quantitative estimate of drug-likeness (QED) is 0.642. The summed E-state index contributed by atoms with van der Waals surface area (Å²) in [4.78, 5) is 4.14. The van der Waals surface area contributed by atoms with E-state index in [9.17, 15) is 5.11 Å². The van der Waals surface area contributed by atoms with E-state index < -0.39 is 0 Å². The van der Waals surface area contributed by atoms with E-state index in [4.69, 9.17) is 0 Å². The summed E-state index contributed by atoms with van der Waals surface area (Å²) in [6.07, 6.45) is 0. The minimum absolute atomic E-state index is 0.304. The Balaban J connectivity index is 2.04. The number of rotatable bonds is 4. The molecular formula is C11H15N5O. The van der Waals surface area contributed by atoms with Crippen molar-refractivity contribution in [2.45, 2.75) is 13.5 Å². The van der Waals surface area contributed by atoms with E-state index in [1.54, 1.807) is 13.1 Å². The number of hydrogen-bond acceptors (Lipinski definition) is 5. The highest BCUT2D eigenvalue weighted by molar-refractivity contribution is 5.40. The van der Waals surface area contributed by atoms with E-state index in [1.165, 1.54) is 0 Å². The molecule has 0 atom stereocenters. The topological polar surface area (TPSA) is 85.9 Å². The lowest BCUT2D eigenvalue weighted by Crippen LogP contribution is -2.02. The molecule has 0 aliphatic heterocycles. The number of phenolic OH excluding ortho intramolecular Hbond substituents is 1. The fourth-order valence-electron chi connectivity index (χ4n) is 1.49. The van der Waals surface area contributed by atoms with E-state index in [0.717, 1.165) is 11.1 Å². The maximum Gasteiger partial charge on any atom is 0.243 e. The second-order valence-electron chi connectivity index (χ2n) is 3.67. The van der Waals surface area contributed by atoms with Gasteiger partial charge in [-0.15, -0.1) is 5.10 Å². The molecular weight excluding hydrogens is 218 g/mol. The fourth-order valence-corrected chi connectivity index (χ4v) is 1.49. The van der Waals surface area contributed by atoms with Crippen LogP contribution in [0.1, 0.15) is 11.1 Å². The van der Waals surface area contributed by atoms with Gasteiger partial charge in [0.05, 0.1) is 0 Å². The summed E-state index contributed by atoms with van der Waals surface area (Å²) in [7, 11) is 1.76. The number of aromatic nitrogens is 3. The molecule has 0 radical (unpaired) electrons. The molecule has 0 saturated heterocycles. The Morgan fingerprint density at radius 2 is 2.24 bits per heavy atom. The first kappa shape index (κ1) is 11.3. The van der Waals surface area contributed by atoms with Crippen LogP contribution in [0.3, 0.4) is 0 Å². The van der Waals surface area contributed by atoms with Gasteiger partial charge in [-0.05, 0) is 24.1 Å². The van der Waals surface area contributed by atoms with Gasteiger partial charge in [0.25, 0.3) is 0 Å². The van der Waals surface area contributed by atoms with Gasteiger partial charge >= 0.3 is 0 Å². The Labute approximate surface area is 99.1 Å². The van der Waals surface area contributed by atoms with Crippen LogP contribution < -0.4 is 10.6 Å². The van der Waals surface area contributed by atoms with Gasteiger partial charge in [-0.25, -0.2) is 5.10 Å². The molecule has 0 aliphatic rings. The van der Waals surface area contributed by atoms with Gasteiger partial charge in [0.15, 0.2) is 0 Å². The van der Waals surface area contributed by atoms with Crippen LogP contribution in [-0.4, -0.2) is 27.3 Å². The number of aromatic hydroxyl groups is 1. The lowest BCUT2D eigenvalue weighted by atomic mass is 10.1. The van der Waals surface area contributed by atoms with Crippen molar-refractivity contribution in [2.75, 3.05) is 17.7 Å². The highest BCUT2D eigenvalue weighted by Gasteiger charge is 2.04. The second kappa shape index (κ2) is 4.73. The van der Waals surface area contributed by atoms with Crippen molar-refractivity contribution in [2.24, 2.45) is 0 Å². The lowest BCUT2D eigenvalue weighted by Gasteiger charge is -2.07. The van der Waals surface area contributed by atoms with Crippen molar-refractivity contribution in [3.05, 3.63) is 29.3 Å². The highest BCUT2D eigenvalue weighted by atomic mass is 16.3. The van der Waals surface area contributed by atoms with Crippen molar-refractivity contribution < 1.29 is 5.11 Å². The number of phenols is 1. The lowest BCUT2D eigenvalue weighted by molar-refractivity contribution is 0.470. The number of benzene rings is 1. The molecule has 4 N–H and O–H groups in total. The molecule has 17 heavy (non-hydrogen) atoms. The van der Waals surface area contributed by atoms with Crippen molar-refractivity contribution in [1.82, 2.24) is 15.2 Å². The van der Waals surface area contributed by atoms with Crippen LogP contribution in [0.4, 0.5) is 11.9 Å². The third-order valence-electron chi connectivity index (χ3n) is 2.57. The molecule has 6 heteroatoms. The van der Waals surface area contributed by atoms with Crippen molar-refractivity contribution in [3.8, 4) is 5.75 Å². The van der Waals surface area contributed by atoms with E-state index in [0.29, 0.717) is 24.2 Å². The molecule has 1 aromatic heterocycles. The van der Waals surface area contributed by atoms with E-state index in [1.807, 2.05) is 19.1 Å². The van der Waals surface area contributed by atoms with E-state index in [-0.39, 0.29) is 0 Å². The predicted molar refractivity (Wildman–Crippen MR) is 66.1 cm³/mol. The molecule has 0 bridgehead atoms. The normalized spacial score (nSPS) is 10.2. The van der Waals surface area contributed by atoms with Gasteiger partial charge in [0, 0.05) is 13.6 Å². The number of H-pyrrole nitrogens is 1. The number of nitrogens with one attached hydrogen (secondary N) is 3. The van der Waals surface area contributed by atoms with Gasteiger partial charge in [-0.3, -0.25) is 0 Å². The van der Waals surface area contributed by atoms with Gasteiger partial charge < -0.3 is 15.7 Å². The Morgan fingerprint density at radius 3 is 2.94 bits per heavy atom. The van der Waals surface area contributed by atoms with Crippen LogP contribution in [0.2, 0.25) is 0 Å². The van der Waals surface area contributed by atoms with E-state index >= 15 is 0 Å². The van der Waals surface area contributed by atoms with E-state index in [2.05, 4.69) is 25.8 Å². The zero-order valence-electron chi connectivity index (χ0n) is 9.78. The molecule has 2 rings (SSSR count). The number of anilines is 2. The molecule has 2 aromatic rings. The van der Waals surface area contributed by atoms with Gasteiger partial charge in [-0.1, -0.05) is 12.1 Å². The van der Waals surface area contributed by atoms with Gasteiger partial charge in [0.2, 0.25) is 11.9 Å². The largest absolute Gasteiger partial charge is 0.508 e. The molecule has 0 fully saturated rings. The van der Waals surface area contributed by atoms with Crippen molar-refractivity contribution in [1.29, 1.82) is 0 Å². The summed E-state index contributed by atoms with van der Waals surface area (Å²) in [5.74, 6) is 1.44. The molecule has 90 valence electrons. The number of nitrogens with zero attached hydrogens (tertiary/aromatic N) is 2. The summed E-state index contributed by atoms with van der Waals surface area (Å²) in [6, 6.07) is 5.45. The Bertz CT molecular complexity index is 508. The first-order valence-corrected chi connectivity index (χ1v) is 5.32. The SMILES string of the molecule is CNc1n[nH]c(NCc2cccc(O)c2C)n1. The first-order chi connectivity index (χ1) is 8.20. The molecule has 0 unspecified atom stereocenters. The summed E-state index contributed by atoms with van der Waals surface area (Å²) in [5, 5.41) is 22.2. The zero-order chi connectivity index (χ0) is 12.3. The molecule has 0 amide bonds. The van der Waals surface area contributed by atoms with Crippen molar-refractivity contribution in [3.63, 3.8) is 0 Å². The maximum atomic E-state index is 9.57. The summed E-state index contributed by atoms with van der Waals surface area (Å²) in [6.45, 7) is 2.46. The van der Waals surface area contributed by atoms with Crippen LogP contribution in [0.25, 0.3) is 0 Å². The van der Waals surface area contributed by atoms with Gasteiger partial charge in [-0.2, -0.15) is 4.98 Å². The third kappa shape index (κ3) is 2.47. The van der Waals surface area contributed by atoms with Crippen LogP contribution >= 0.6 is 0 Å². The van der Waals surface area contributed by atoms with Crippen LogP contribution in [0.15, 0.2) is 18.2 Å². The average Bonchev–Trinajstić information content (AvgIpc) is 2.79. The highest BCUT2D eigenvalue weighted by Crippen LogP contribution is 2.20. The smallest absolute Gasteiger partial charge is 0.243 e. The fraction of sp³-hybridized carbons (Fsp3) is 0.273. The Hall–Kier alpha value is -2.24. The van der Waals surface area contributed by atoms with Crippen LogP contribution in [0.5, 0.6) is 5.75 Å². The van der Waals surface area contributed by atoms with Crippen LogP contribution in [-0.2, 0) is 6.54 Å². The Morgan fingerprint density at radius 1 is 1.41 bits per heavy atom. The standard InChI is InChI=1S/C11H15N5O/c1-7-8(4-3-5-9(7)17)6-13-11-14-10(12-2)15-16-11/h3-5,17H,6H2,1-2H3,(H3,12,13,14,15,16).